The van der Waals surface area contributed by atoms with Gasteiger partial charge in [0.05, 0.1) is 24.2 Å². The Kier molecular flexibility index (Phi) is 9.65. The number of amides is 3. The van der Waals surface area contributed by atoms with Crippen molar-refractivity contribution in [2.75, 3.05) is 24.3 Å². The Bertz CT molecular complexity index is 1770. The Labute approximate surface area is 267 Å². The van der Waals surface area contributed by atoms with E-state index < -0.39 is 12.4 Å². The number of aryl methyl sites for hydroxylation is 1. The second-order valence-corrected chi connectivity index (χ2v) is 11.6. The molecule has 14 heteroatoms. The van der Waals surface area contributed by atoms with Crippen LogP contribution in [0.25, 0.3) is 17.1 Å². The van der Waals surface area contributed by atoms with Crippen LogP contribution in [0.5, 0.6) is 11.5 Å². The first-order chi connectivity index (χ1) is 21.9. The highest BCUT2D eigenvalue weighted by atomic mass is 32.2. The molecule has 1 fully saturated rings. The highest BCUT2D eigenvalue weighted by Crippen LogP contribution is 2.36. The first kappa shape index (κ1) is 32.5. The zero-order valence-corrected chi connectivity index (χ0v) is 26.3. The van der Waals surface area contributed by atoms with Crippen LogP contribution in [-0.4, -0.2) is 57.6 Å². The second kappa shape index (κ2) is 13.6. The van der Waals surface area contributed by atoms with E-state index in [4.69, 9.17) is 4.74 Å². The van der Waals surface area contributed by atoms with Crippen LogP contribution in [0.1, 0.15) is 36.5 Å². The summed E-state index contributed by atoms with van der Waals surface area (Å²) in [7, 11) is 1.56. The summed E-state index contributed by atoms with van der Waals surface area (Å²) in [5.41, 5.74) is 4.84. The van der Waals surface area contributed by atoms with E-state index in [1.165, 1.54) is 51.9 Å². The van der Waals surface area contributed by atoms with Crippen LogP contribution in [0.15, 0.2) is 72.0 Å². The molecule has 1 saturated heterocycles. The van der Waals surface area contributed by atoms with Crippen LogP contribution in [-0.2, 0) is 11.2 Å². The monoisotopic (exact) mass is 652 g/mol. The van der Waals surface area contributed by atoms with Gasteiger partial charge in [-0.3, -0.25) is 9.69 Å². The third-order valence-corrected chi connectivity index (χ3v) is 8.08. The highest BCUT2D eigenvalue weighted by molar-refractivity contribution is 8.15. The van der Waals surface area contributed by atoms with Crippen molar-refractivity contribution >= 4 is 34.6 Å². The summed E-state index contributed by atoms with van der Waals surface area (Å²) in [6.07, 6.45) is -2.75. The molecule has 0 spiro atoms. The van der Waals surface area contributed by atoms with Gasteiger partial charge in [-0.25, -0.2) is 14.5 Å². The quantitative estimate of drug-likeness (QED) is 0.215. The SMILES string of the molecule is COc1ccc(C(C)C)c(N2C(=O)CS/C2=N\C(=O)NCCc2ccc(-c3ncn(-c4ccc(OC(F)(F)F)cc4)n3)cc2C)c1. The van der Waals surface area contributed by atoms with Gasteiger partial charge >= 0.3 is 12.4 Å². The molecule has 0 unspecified atom stereocenters. The fraction of sp³-hybridized carbons (Fsp3) is 0.281. The predicted octanol–water partition coefficient (Wildman–Crippen LogP) is 6.66. The van der Waals surface area contributed by atoms with Crippen molar-refractivity contribution in [1.29, 1.82) is 0 Å². The molecule has 46 heavy (non-hydrogen) atoms. The number of carbonyl (C=O) groups excluding carboxylic acids is 2. The van der Waals surface area contributed by atoms with E-state index in [0.717, 1.165) is 22.3 Å². The van der Waals surface area contributed by atoms with Crippen molar-refractivity contribution in [3.05, 3.63) is 83.7 Å². The van der Waals surface area contributed by atoms with Crippen molar-refractivity contribution < 1.29 is 32.2 Å². The summed E-state index contributed by atoms with van der Waals surface area (Å²) in [4.78, 5) is 35.7. The molecular formula is C32H31F3N6O4S. The van der Waals surface area contributed by atoms with Crippen molar-refractivity contribution in [2.45, 2.75) is 39.5 Å². The van der Waals surface area contributed by atoms with Crippen LogP contribution in [0.2, 0.25) is 0 Å². The van der Waals surface area contributed by atoms with Gasteiger partial charge in [0, 0.05) is 18.2 Å². The highest BCUT2D eigenvalue weighted by Gasteiger charge is 2.33. The summed E-state index contributed by atoms with van der Waals surface area (Å²) >= 11 is 1.21. The van der Waals surface area contributed by atoms with E-state index >= 15 is 0 Å². The largest absolute Gasteiger partial charge is 0.573 e. The minimum absolute atomic E-state index is 0.137. The lowest BCUT2D eigenvalue weighted by molar-refractivity contribution is -0.274. The molecule has 1 N–H and O–H groups in total. The molecule has 0 bridgehead atoms. The van der Waals surface area contributed by atoms with Crippen LogP contribution in [0, 0.1) is 6.92 Å². The number of benzene rings is 3. The van der Waals surface area contributed by atoms with Gasteiger partial charge in [-0.2, -0.15) is 4.99 Å². The Balaban J connectivity index is 1.21. The molecule has 0 aliphatic carbocycles. The number of amidine groups is 1. The molecule has 10 nitrogen and oxygen atoms in total. The third-order valence-electron chi connectivity index (χ3n) is 7.16. The number of hydrogen-bond acceptors (Lipinski definition) is 7. The van der Waals surface area contributed by atoms with Gasteiger partial charge in [-0.1, -0.05) is 43.8 Å². The summed E-state index contributed by atoms with van der Waals surface area (Å²) in [6, 6.07) is 16.0. The summed E-state index contributed by atoms with van der Waals surface area (Å²) < 4.78 is 48.0. The normalized spacial score (nSPS) is 14.3. The number of urea groups is 1. The maximum absolute atomic E-state index is 12.8. The number of halogens is 3. The van der Waals surface area contributed by atoms with Crippen LogP contribution >= 0.6 is 11.8 Å². The molecule has 1 aliphatic heterocycles. The number of carbonyl (C=O) groups is 2. The molecule has 4 aromatic rings. The summed E-state index contributed by atoms with van der Waals surface area (Å²) in [6.45, 7) is 6.33. The molecular weight excluding hydrogens is 621 g/mol. The van der Waals surface area contributed by atoms with Gasteiger partial charge in [0.1, 0.15) is 17.8 Å². The number of aliphatic imine (C=N–C) groups is 1. The molecule has 2 heterocycles. The van der Waals surface area contributed by atoms with E-state index in [2.05, 4.69) is 25.1 Å². The van der Waals surface area contributed by atoms with Gasteiger partial charge in [0.25, 0.3) is 0 Å². The van der Waals surface area contributed by atoms with Crippen LogP contribution in [0.3, 0.4) is 0 Å². The van der Waals surface area contributed by atoms with Gasteiger partial charge in [0.15, 0.2) is 11.0 Å². The molecule has 0 atom stereocenters. The van der Waals surface area contributed by atoms with Crippen LogP contribution in [0.4, 0.5) is 23.7 Å². The lowest BCUT2D eigenvalue weighted by Crippen LogP contribution is -2.32. The summed E-state index contributed by atoms with van der Waals surface area (Å²) in [5.74, 6) is 0.885. The Morgan fingerprint density at radius 3 is 2.50 bits per heavy atom. The Hall–Kier alpha value is -4.85. The zero-order chi connectivity index (χ0) is 33.0. The number of anilines is 1. The number of nitrogens with zero attached hydrogens (tertiary/aromatic N) is 5. The van der Waals surface area contributed by atoms with E-state index in [0.29, 0.717) is 41.1 Å². The minimum atomic E-state index is -4.76. The van der Waals surface area contributed by atoms with Crippen LogP contribution < -0.4 is 19.7 Å². The Morgan fingerprint density at radius 1 is 1.09 bits per heavy atom. The molecule has 1 aliphatic rings. The molecule has 5 rings (SSSR count). The van der Waals surface area contributed by atoms with E-state index in [1.54, 1.807) is 13.2 Å². The molecule has 240 valence electrons. The van der Waals surface area contributed by atoms with Gasteiger partial charge in [-0.15, -0.1) is 18.3 Å². The summed E-state index contributed by atoms with van der Waals surface area (Å²) in [5, 5.41) is 7.58. The molecule has 1 aromatic heterocycles. The van der Waals surface area contributed by atoms with E-state index in [9.17, 15) is 22.8 Å². The topological polar surface area (TPSA) is 111 Å². The maximum atomic E-state index is 12.8. The molecule has 0 saturated carbocycles. The molecule has 3 amide bonds. The standard InChI is InChI=1S/C32H31F3N6O4S/c1-19(2)26-12-11-25(44-4)16-27(26)41-28(42)17-46-31(41)38-30(43)36-14-13-21-5-6-22(15-20(21)3)29-37-18-40(39-29)23-7-9-24(10-8-23)45-32(33,34)35/h5-12,15-16,18-19H,13-14,17H2,1-4H3,(H,36,43)/b38-31-. The number of rotatable bonds is 9. The molecule has 3 aromatic carbocycles. The molecule has 0 radical (unpaired) electrons. The van der Waals surface area contributed by atoms with Gasteiger partial charge in [0.2, 0.25) is 5.91 Å². The van der Waals surface area contributed by atoms with Gasteiger partial charge < -0.3 is 14.8 Å². The third kappa shape index (κ3) is 7.68. The number of alkyl halides is 3. The van der Waals surface area contributed by atoms with Gasteiger partial charge in [-0.05, 0) is 72.4 Å². The van der Waals surface area contributed by atoms with Crippen molar-refractivity contribution in [1.82, 2.24) is 20.1 Å². The van der Waals surface area contributed by atoms with E-state index in [-0.39, 0.29) is 23.3 Å². The lowest BCUT2D eigenvalue weighted by atomic mass is 10.00. The second-order valence-electron chi connectivity index (χ2n) is 10.7. The number of nitrogens with one attached hydrogen (secondary N) is 1. The van der Waals surface area contributed by atoms with Crippen molar-refractivity contribution in [3.63, 3.8) is 0 Å². The number of methoxy groups -OCH3 is 1. The average molecular weight is 653 g/mol. The van der Waals surface area contributed by atoms with E-state index in [1.807, 2.05) is 51.1 Å². The average Bonchev–Trinajstić information content (AvgIpc) is 3.64. The first-order valence-electron chi connectivity index (χ1n) is 14.3. The number of hydrogen-bond donors (Lipinski definition) is 1. The smallest absolute Gasteiger partial charge is 0.497 e. The fourth-order valence-electron chi connectivity index (χ4n) is 4.88. The Morgan fingerprint density at radius 2 is 1.83 bits per heavy atom. The predicted molar refractivity (Wildman–Crippen MR) is 170 cm³/mol. The van der Waals surface area contributed by atoms with Crippen molar-refractivity contribution in [2.24, 2.45) is 4.99 Å². The maximum Gasteiger partial charge on any atom is 0.573 e. The van der Waals surface area contributed by atoms with Crippen molar-refractivity contribution in [3.8, 4) is 28.6 Å². The fourth-order valence-corrected chi connectivity index (χ4v) is 5.74. The number of aromatic nitrogens is 3. The minimum Gasteiger partial charge on any atom is -0.497 e. The zero-order valence-electron chi connectivity index (χ0n) is 25.5. The number of thioether (sulfide) groups is 1. The lowest BCUT2D eigenvalue weighted by Gasteiger charge is -2.22. The number of ether oxygens (including phenoxy) is 2. The first-order valence-corrected chi connectivity index (χ1v) is 15.3.